The van der Waals surface area contributed by atoms with E-state index >= 15 is 0 Å². The van der Waals surface area contributed by atoms with Crippen LogP contribution in [-0.4, -0.2) is 41.5 Å². The maximum atomic E-state index is 13.0. The van der Waals surface area contributed by atoms with Crippen molar-refractivity contribution < 1.29 is 13.2 Å². The fourth-order valence-electron chi connectivity index (χ4n) is 4.09. The number of sulfonamides is 1. The summed E-state index contributed by atoms with van der Waals surface area (Å²) in [6.45, 7) is 4.85. The highest BCUT2D eigenvalue weighted by Gasteiger charge is 2.32. The van der Waals surface area contributed by atoms with Gasteiger partial charge in [0.25, 0.3) is 0 Å². The molecule has 3 aromatic rings. The largest absolute Gasteiger partial charge is 0.352 e. The highest BCUT2D eigenvalue weighted by atomic mass is 32.2. The molecule has 0 unspecified atom stereocenters. The van der Waals surface area contributed by atoms with Crippen molar-refractivity contribution in [2.45, 2.75) is 38.1 Å². The van der Waals surface area contributed by atoms with Gasteiger partial charge in [0.1, 0.15) is 0 Å². The van der Waals surface area contributed by atoms with Crippen LogP contribution in [0.3, 0.4) is 0 Å². The van der Waals surface area contributed by atoms with Crippen LogP contribution in [0.5, 0.6) is 0 Å². The topological polar surface area (TPSA) is 84.3 Å². The minimum atomic E-state index is -3.55. The number of carbonyl (C=O) groups is 1. The van der Waals surface area contributed by atoms with Gasteiger partial charge in [-0.3, -0.25) is 4.79 Å². The normalized spacial score (nSPS) is 15.6. The number of piperidine rings is 1. The maximum absolute atomic E-state index is 13.0. The Balaban J connectivity index is 1.31. The number of rotatable bonds is 6. The first kappa shape index (κ1) is 22.2. The molecule has 4 rings (SSSR count). The number of aryl methyl sites for hydroxylation is 2. The highest BCUT2D eigenvalue weighted by Crippen LogP contribution is 2.26. The summed E-state index contributed by atoms with van der Waals surface area (Å²) in [5, 5.41) is 7.32. The van der Waals surface area contributed by atoms with Crippen LogP contribution in [0.4, 0.5) is 0 Å². The summed E-state index contributed by atoms with van der Waals surface area (Å²) < 4.78 is 29.4. The number of nitrogens with zero attached hydrogens (tertiary/aromatic N) is 3. The Morgan fingerprint density at radius 2 is 1.81 bits per heavy atom. The molecule has 168 valence electrons. The molecule has 1 aliphatic heterocycles. The van der Waals surface area contributed by atoms with Gasteiger partial charge in [-0.2, -0.15) is 9.40 Å². The van der Waals surface area contributed by atoms with E-state index in [0.717, 1.165) is 22.4 Å². The van der Waals surface area contributed by atoms with Crippen LogP contribution >= 0.6 is 0 Å². The molecule has 0 radical (unpaired) electrons. The zero-order valence-corrected chi connectivity index (χ0v) is 19.2. The molecule has 8 heteroatoms. The molecule has 1 amide bonds. The monoisotopic (exact) mass is 452 g/mol. The van der Waals surface area contributed by atoms with Crippen molar-refractivity contribution >= 4 is 15.9 Å². The third-order valence-corrected chi connectivity index (χ3v) is 7.96. The van der Waals surface area contributed by atoms with E-state index in [1.165, 1.54) is 4.31 Å². The van der Waals surface area contributed by atoms with Crippen LogP contribution in [0.15, 0.2) is 65.8 Å². The van der Waals surface area contributed by atoms with Gasteiger partial charge in [0.2, 0.25) is 15.9 Å². The molecule has 0 saturated carbocycles. The molecule has 32 heavy (non-hydrogen) atoms. The number of para-hydroxylation sites is 1. The van der Waals surface area contributed by atoms with E-state index < -0.39 is 10.0 Å². The molecule has 2 heterocycles. The van der Waals surface area contributed by atoms with Gasteiger partial charge in [-0.25, -0.2) is 13.1 Å². The van der Waals surface area contributed by atoms with E-state index in [2.05, 4.69) is 10.4 Å². The first-order valence-electron chi connectivity index (χ1n) is 10.8. The van der Waals surface area contributed by atoms with E-state index in [1.807, 2.05) is 62.5 Å². The maximum Gasteiger partial charge on any atom is 0.243 e. The minimum absolute atomic E-state index is 0.0407. The molecular weight excluding hydrogens is 424 g/mol. The molecular formula is C24H28N4O3S. The zero-order valence-electron chi connectivity index (χ0n) is 18.4. The van der Waals surface area contributed by atoms with Crippen molar-refractivity contribution in [3.8, 4) is 5.69 Å². The van der Waals surface area contributed by atoms with Crippen LogP contribution < -0.4 is 5.32 Å². The van der Waals surface area contributed by atoms with Crippen LogP contribution in [0, 0.1) is 19.8 Å². The Labute approximate surface area is 189 Å². The Kier molecular flexibility index (Phi) is 6.43. The van der Waals surface area contributed by atoms with Crippen LogP contribution in [0.2, 0.25) is 0 Å². The first-order valence-corrected chi connectivity index (χ1v) is 12.2. The summed E-state index contributed by atoms with van der Waals surface area (Å²) in [5.74, 6) is -0.231. The average Bonchev–Trinajstić information content (AvgIpc) is 3.27. The Morgan fingerprint density at radius 1 is 1.09 bits per heavy atom. The smallest absolute Gasteiger partial charge is 0.243 e. The number of aromatic nitrogens is 2. The second kappa shape index (κ2) is 9.26. The summed E-state index contributed by atoms with van der Waals surface area (Å²) in [7, 11) is -3.55. The second-order valence-corrected chi connectivity index (χ2v) is 10.2. The van der Waals surface area contributed by atoms with Crippen molar-refractivity contribution in [1.82, 2.24) is 19.4 Å². The summed E-state index contributed by atoms with van der Waals surface area (Å²) in [4.78, 5) is 13.0. The standard InChI is InChI=1S/C24H28N4O3S/c1-18-8-9-23(19(2)14-18)32(30,31)27-12-10-21(11-13-27)24(29)25-15-20-16-26-28(17-20)22-6-4-3-5-7-22/h3-9,14,16-17,21H,10-13,15H2,1-2H3,(H,25,29). The van der Waals surface area contributed by atoms with Crippen molar-refractivity contribution in [1.29, 1.82) is 0 Å². The highest BCUT2D eigenvalue weighted by molar-refractivity contribution is 7.89. The van der Waals surface area contributed by atoms with Gasteiger partial charge in [-0.15, -0.1) is 0 Å². The fraction of sp³-hybridized carbons (Fsp3) is 0.333. The predicted octanol–water partition coefficient (Wildman–Crippen LogP) is 3.21. The second-order valence-electron chi connectivity index (χ2n) is 8.29. The Bertz CT molecular complexity index is 1200. The third-order valence-electron chi connectivity index (χ3n) is 5.90. The van der Waals surface area contributed by atoms with Gasteiger partial charge in [-0.05, 0) is 50.5 Å². The molecule has 0 spiro atoms. The summed E-state index contributed by atoms with van der Waals surface area (Å²) in [6.07, 6.45) is 4.67. The van der Waals surface area contributed by atoms with Crippen molar-refractivity contribution in [2.24, 2.45) is 5.92 Å². The molecule has 7 nitrogen and oxygen atoms in total. The van der Waals surface area contributed by atoms with E-state index in [0.29, 0.717) is 37.4 Å². The van der Waals surface area contributed by atoms with Crippen molar-refractivity contribution in [3.63, 3.8) is 0 Å². The number of amides is 1. The van der Waals surface area contributed by atoms with Gasteiger partial charge in [-0.1, -0.05) is 35.9 Å². The van der Waals surface area contributed by atoms with E-state index in [9.17, 15) is 13.2 Å². The molecule has 1 aromatic heterocycles. The van der Waals surface area contributed by atoms with E-state index in [1.54, 1.807) is 16.9 Å². The molecule has 1 aliphatic rings. The third kappa shape index (κ3) is 4.76. The van der Waals surface area contributed by atoms with Crippen LogP contribution in [0.1, 0.15) is 29.5 Å². The summed E-state index contributed by atoms with van der Waals surface area (Å²) in [6, 6.07) is 15.2. The number of nitrogens with one attached hydrogen (secondary N) is 1. The number of hydrogen-bond acceptors (Lipinski definition) is 4. The predicted molar refractivity (Wildman–Crippen MR) is 123 cm³/mol. The Morgan fingerprint density at radius 3 is 2.50 bits per heavy atom. The van der Waals surface area contributed by atoms with Gasteiger partial charge in [0.05, 0.1) is 16.8 Å². The van der Waals surface area contributed by atoms with E-state index in [4.69, 9.17) is 0 Å². The lowest BCUT2D eigenvalue weighted by Crippen LogP contribution is -2.43. The number of hydrogen-bond donors (Lipinski definition) is 1. The van der Waals surface area contributed by atoms with Gasteiger partial charge >= 0.3 is 0 Å². The average molecular weight is 453 g/mol. The molecule has 2 aromatic carbocycles. The number of carbonyl (C=O) groups excluding carboxylic acids is 1. The first-order chi connectivity index (χ1) is 15.3. The SMILES string of the molecule is Cc1ccc(S(=O)(=O)N2CCC(C(=O)NCc3cnn(-c4ccccc4)c3)CC2)c(C)c1. The quantitative estimate of drug-likeness (QED) is 0.622. The van der Waals surface area contributed by atoms with Crippen molar-refractivity contribution in [3.05, 3.63) is 77.6 Å². The molecule has 0 bridgehead atoms. The van der Waals surface area contributed by atoms with Gasteiger partial charge < -0.3 is 5.32 Å². The summed E-state index contributed by atoms with van der Waals surface area (Å²) >= 11 is 0. The minimum Gasteiger partial charge on any atom is -0.352 e. The molecule has 1 N–H and O–H groups in total. The lowest BCUT2D eigenvalue weighted by molar-refractivity contribution is -0.126. The van der Waals surface area contributed by atoms with E-state index in [-0.39, 0.29) is 11.8 Å². The van der Waals surface area contributed by atoms with Crippen molar-refractivity contribution in [2.75, 3.05) is 13.1 Å². The molecule has 0 aliphatic carbocycles. The molecule has 0 atom stereocenters. The van der Waals surface area contributed by atoms with Gasteiger partial charge in [0.15, 0.2) is 0 Å². The van der Waals surface area contributed by atoms with Crippen LogP contribution in [-0.2, 0) is 21.4 Å². The zero-order chi connectivity index (χ0) is 22.7. The summed E-state index contributed by atoms with van der Waals surface area (Å²) in [5.41, 5.74) is 3.66. The molecule has 1 saturated heterocycles. The number of benzene rings is 2. The lowest BCUT2D eigenvalue weighted by Gasteiger charge is -2.31. The Hall–Kier alpha value is -2.97. The fourth-order valence-corrected chi connectivity index (χ4v) is 5.77. The molecule has 1 fully saturated rings. The lowest BCUT2D eigenvalue weighted by atomic mass is 9.97. The van der Waals surface area contributed by atoms with Gasteiger partial charge in [0, 0.05) is 37.3 Å². The van der Waals surface area contributed by atoms with Crippen LogP contribution in [0.25, 0.3) is 5.69 Å².